The zero-order chi connectivity index (χ0) is 11.2. The number of hydrogen-bond acceptors (Lipinski definition) is 3. The van der Waals surface area contributed by atoms with Crippen LogP contribution in [-0.2, 0) is 0 Å². The van der Waals surface area contributed by atoms with Gasteiger partial charge in [-0.15, -0.1) is 0 Å². The maximum absolute atomic E-state index is 13.6. The molecule has 2 aromatic rings. The van der Waals surface area contributed by atoms with E-state index in [0.717, 1.165) is 0 Å². The number of aromatic nitrogens is 3. The van der Waals surface area contributed by atoms with Crippen molar-refractivity contribution in [2.45, 2.75) is 13.8 Å². The number of hydrogen-bond donors (Lipinski definition) is 1. The van der Waals surface area contributed by atoms with E-state index in [4.69, 9.17) is 12.2 Å². The molecule has 6 heteroatoms. The number of fused-ring (bicyclic) bond motifs is 1. The summed E-state index contributed by atoms with van der Waals surface area (Å²) >= 11 is 4.93. The van der Waals surface area contributed by atoms with Gasteiger partial charge in [-0.1, -0.05) is 12.2 Å². The molecule has 78 valence electrons. The Morgan fingerprint density at radius 2 is 2.20 bits per heavy atom. The summed E-state index contributed by atoms with van der Waals surface area (Å²) in [7, 11) is 0. The van der Waals surface area contributed by atoms with Gasteiger partial charge in [0.2, 0.25) is 11.7 Å². The van der Waals surface area contributed by atoms with Crippen LogP contribution in [0.2, 0.25) is 0 Å². The summed E-state index contributed by atoms with van der Waals surface area (Å²) in [5.41, 5.74) is 0.233. The van der Waals surface area contributed by atoms with Gasteiger partial charge in [0.25, 0.3) is 5.56 Å². The topological polar surface area (TPSA) is 50.2 Å². The lowest BCUT2D eigenvalue weighted by Crippen LogP contribution is -2.17. The van der Waals surface area contributed by atoms with Gasteiger partial charge in [-0.3, -0.25) is 14.2 Å². The predicted octanol–water partition coefficient (Wildman–Crippen LogP) is 1.51. The Balaban J connectivity index is 3.06. The molecule has 0 bridgehead atoms. The molecule has 0 radical (unpaired) electrons. The second-order valence-electron chi connectivity index (χ2n) is 3.29. The number of rotatable bonds is 0. The van der Waals surface area contributed by atoms with E-state index < -0.39 is 11.5 Å². The molecule has 0 saturated heterocycles. The molecular formula is C9H8FN3OS. The quantitative estimate of drug-likeness (QED) is 0.546. The van der Waals surface area contributed by atoms with Crippen molar-refractivity contribution in [1.82, 2.24) is 14.4 Å². The van der Waals surface area contributed by atoms with Crippen LogP contribution in [-0.4, -0.2) is 14.4 Å². The van der Waals surface area contributed by atoms with Crippen molar-refractivity contribution in [3.05, 3.63) is 38.3 Å². The first-order valence-corrected chi connectivity index (χ1v) is 4.70. The summed E-state index contributed by atoms with van der Waals surface area (Å²) in [6.45, 7) is 3.15. The van der Waals surface area contributed by atoms with Gasteiger partial charge < -0.3 is 0 Å². The Morgan fingerprint density at radius 1 is 1.53 bits per heavy atom. The van der Waals surface area contributed by atoms with Crippen LogP contribution in [0, 0.1) is 24.4 Å². The number of aromatic amines is 1. The molecule has 15 heavy (non-hydrogen) atoms. The smallest absolute Gasteiger partial charge is 0.258 e. The maximum atomic E-state index is 13.6. The van der Waals surface area contributed by atoms with Gasteiger partial charge >= 0.3 is 0 Å². The first-order chi connectivity index (χ1) is 7.00. The molecule has 0 saturated carbocycles. The predicted molar refractivity (Wildman–Crippen MR) is 56.1 cm³/mol. The van der Waals surface area contributed by atoms with Gasteiger partial charge in [0.05, 0.1) is 5.56 Å². The molecule has 2 aromatic heterocycles. The Morgan fingerprint density at radius 3 is 2.87 bits per heavy atom. The van der Waals surface area contributed by atoms with Crippen LogP contribution in [0.1, 0.15) is 11.1 Å². The fraction of sp³-hybridized carbons (Fsp3) is 0.222. The molecule has 0 aromatic carbocycles. The number of aryl methyl sites for hydroxylation is 1. The standard InChI is InChI=1S/C9H8FN3OS/c1-4-3-13-6(10)5(2)7(14)11-9(13)12-8(4)15/h3H,1-2H3,(H,11,12,14,15). The van der Waals surface area contributed by atoms with E-state index in [-0.39, 0.29) is 11.3 Å². The molecule has 0 amide bonds. The molecule has 0 unspecified atom stereocenters. The van der Waals surface area contributed by atoms with E-state index in [9.17, 15) is 9.18 Å². The first kappa shape index (κ1) is 9.97. The summed E-state index contributed by atoms with van der Waals surface area (Å²) in [5.74, 6) is -0.488. The molecule has 0 aliphatic rings. The van der Waals surface area contributed by atoms with Gasteiger partial charge in [-0.25, -0.2) is 4.98 Å². The van der Waals surface area contributed by atoms with Crippen molar-refractivity contribution in [1.29, 1.82) is 0 Å². The second kappa shape index (κ2) is 3.23. The fourth-order valence-corrected chi connectivity index (χ4v) is 1.39. The molecule has 0 aliphatic carbocycles. The zero-order valence-corrected chi connectivity index (χ0v) is 8.98. The molecule has 0 spiro atoms. The molecule has 0 aliphatic heterocycles. The van der Waals surface area contributed by atoms with Crippen molar-refractivity contribution in [2.24, 2.45) is 0 Å². The van der Waals surface area contributed by atoms with Gasteiger partial charge in [0.15, 0.2) is 0 Å². The van der Waals surface area contributed by atoms with E-state index in [1.807, 2.05) is 0 Å². The van der Waals surface area contributed by atoms with E-state index in [2.05, 4.69) is 9.97 Å². The lowest BCUT2D eigenvalue weighted by atomic mass is 10.3. The summed E-state index contributed by atoms with van der Waals surface area (Å²) in [6.07, 6.45) is 1.52. The van der Waals surface area contributed by atoms with E-state index in [1.165, 1.54) is 17.5 Å². The minimum absolute atomic E-state index is 0.0332. The highest BCUT2D eigenvalue weighted by Crippen LogP contribution is 2.05. The second-order valence-corrected chi connectivity index (χ2v) is 3.68. The summed E-state index contributed by atoms with van der Waals surface area (Å²) in [5, 5.41) is 0. The lowest BCUT2D eigenvalue weighted by molar-refractivity contribution is 0.547. The van der Waals surface area contributed by atoms with Crippen molar-refractivity contribution in [2.75, 3.05) is 0 Å². The Bertz CT molecular complexity index is 653. The summed E-state index contributed by atoms with van der Waals surface area (Å²) in [4.78, 5) is 17.6. The van der Waals surface area contributed by atoms with Gasteiger partial charge in [0, 0.05) is 11.8 Å². The average Bonchev–Trinajstić information content (AvgIpc) is 2.19. The fourth-order valence-electron chi connectivity index (χ4n) is 1.26. The van der Waals surface area contributed by atoms with Crippen LogP contribution in [0.3, 0.4) is 0 Å². The lowest BCUT2D eigenvalue weighted by Gasteiger charge is -2.04. The van der Waals surface area contributed by atoms with Crippen molar-refractivity contribution in [3.8, 4) is 0 Å². The zero-order valence-electron chi connectivity index (χ0n) is 8.17. The van der Waals surface area contributed by atoms with Crippen LogP contribution in [0.25, 0.3) is 5.78 Å². The average molecular weight is 225 g/mol. The molecule has 1 N–H and O–H groups in total. The molecular weight excluding hydrogens is 217 g/mol. The number of nitrogens with one attached hydrogen (secondary N) is 1. The van der Waals surface area contributed by atoms with E-state index >= 15 is 0 Å². The minimum atomic E-state index is -0.612. The largest absolute Gasteiger partial charge is 0.292 e. The Kier molecular flexibility index (Phi) is 2.15. The third-order valence-corrected chi connectivity index (χ3v) is 2.60. The third-order valence-electron chi connectivity index (χ3n) is 2.18. The maximum Gasteiger partial charge on any atom is 0.258 e. The summed E-state index contributed by atoms with van der Waals surface area (Å²) < 4.78 is 15.2. The highest BCUT2D eigenvalue weighted by molar-refractivity contribution is 7.71. The molecule has 2 rings (SSSR count). The van der Waals surface area contributed by atoms with Gasteiger partial charge in [-0.05, 0) is 13.8 Å². The Labute approximate surface area is 89.4 Å². The molecule has 2 heterocycles. The number of nitrogens with zero attached hydrogens (tertiary/aromatic N) is 2. The van der Waals surface area contributed by atoms with Crippen molar-refractivity contribution in [3.63, 3.8) is 0 Å². The molecule has 0 fully saturated rings. The molecule has 4 nitrogen and oxygen atoms in total. The third kappa shape index (κ3) is 1.46. The monoisotopic (exact) mass is 225 g/mol. The number of H-pyrrole nitrogens is 1. The summed E-state index contributed by atoms with van der Waals surface area (Å²) in [6, 6.07) is 0. The van der Waals surface area contributed by atoms with Crippen LogP contribution >= 0.6 is 12.2 Å². The van der Waals surface area contributed by atoms with Crippen LogP contribution < -0.4 is 5.56 Å². The minimum Gasteiger partial charge on any atom is -0.292 e. The van der Waals surface area contributed by atoms with Crippen molar-refractivity contribution >= 4 is 18.0 Å². The first-order valence-electron chi connectivity index (χ1n) is 4.29. The van der Waals surface area contributed by atoms with E-state index in [0.29, 0.717) is 10.2 Å². The van der Waals surface area contributed by atoms with Crippen LogP contribution in [0.5, 0.6) is 0 Å². The highest BCUT2D eigenvalue weighted by atomic mass is 32.1. The number of halogens is 1. The van der Waals surface area contributed by atoms with Crippen molar-refractivity contribution < 1.29 is 4.39 Å². The normalized spacial score (nSPS) is 10.9. The Hall–Kier alpha value is -1.56. The SMILES string of the molecule is Cc1cn2c(F)c(C)c(=O)[nH]c2nc1=S. The molecule has 0 atom stereocenters. The van der Waals surface area contributed by atoms with Crippen LogP contribution in [0.4, 0.5) is 4.39 Å². The van der Waals surface area contributed by atoms with Gasteiger partial charge in [-0.2, -0.15) is 4.39 Å². The van der Waals surface area contributed by atoms with E-state index in [1.54, 1.807) is 6.92 Å². The van der Waals surface area contributed by atoms with Gasteiger partial charge in [0.1, 0.15) is 4.64 Å². The van der Waals surface area contributed by atoms with Crippen LogP contribution in [0.15, 0.2) is 11.0 Å². The highest BCUT2D eigenvalue weighted by Gasteiger charge is 2.08.